The summed E-state index contributed by atoms with van der Waals surface area (Å²) in [5.74, 6) is 6.95. The average Bonchev–Trinajstić information content (AvgIpc) is 2.84. The lowest BCUT2D eigenvalue weighted by molar-refractivity contribution is 0.312. The molecule has 0 amide bonds. The van der Waals surface area contributed by atoms with Crippen molar-refractivity contribution in [3.8, 4) is 6.01 Å². The van der Waals surface area contributed by atoms with Gasteiger partial charge in [0.05, 0.1) is 12.9 Å². The monoisotopic (exact) mass is 278 g/mol. The number of nitrogens with one attached hydrogen (secondary N) is 1. The molecule has 2 heterocycles. The van der Waals surface area contributed by atoms with Crippen LogP contribution in [0.25, 0.3) is 0 Å². The first-order valence-corrected chi connectivity index (χ1v) is 6.23. The third-order valence-electron chi connectivity index (χ3n) is 2.72. The number of ether oxygens (including phenoxy) is 1. The quantitative estimate of drug-likeness (QED) is 0.598. The Kier molecular flexibility index (Phi) is 4.36. The zero-order valence-electron chi connectivity index (χ0n) is 11.8. The van der Waals surface area contributed by atoms with Crippen molar-refractivity contribution in [3.05, 3.63) is 23.7 Å². The molecule has 0 unspecified atom stereocenters. The second-order valence-corrected chi connectivity index (χ2v) is 4.18. The molecule has 8 nitrogen and oxygen atoms in total. The number of furan rings is 1. The van der Waals surface area contributed by atoms with Crippen molar-refractivity contribution in [3.63, 3.8) is 0 Å². The van der Waals surface area contributed by atoms with E-state index in [9.17, 15) is 0 Å². The average molecular weight is 278 g/mol. The predicted octanol–water partition coefficient (Wildman–Crippen LogP) is 1.09. The number of hydrogen-bond acceptors (Lipinski definition) is 8. The number of anilines is 2. The molecule has 0 atom stereocenters. The molecule has 0 fully saturated rings. The van der Waals surface area contributed by atoms with Crippen LogP contribution in [-0.4, -0.2) is 28.6 Å². The predicted molar refractivity (Wildman–Crippen MR) is 74.4 cm³/mol. The molecule has 0 radical (unpaired) electrons. The van der Waals surface area contributed by atoms with Gasteiger partial charge in [0, 0.05) is 19.2 Å². The van der Waals surface area contributed by atoms with Crippen molar-refractivity contribution >= 4 is 11.9 Å². The highest BCUT2D eigenvalue weighted by Crippen LogP contribution is 2.17. The second kappa shape index (κ2) is 6.20. The molecule has 20 heavy (non-hydrogen) atoms. The van der Waals surface area contributed by atoms with Crippen LogP contribution in [0.15, 0.2) is 16.7 Å². The van der Waals surface area contributed by atoms with Crippen molar-refractivity contribution in [2.45, 2.75) is 20.4 Å². The minimum atomic E-state index is 0.237. The first-order chi connectivity index (χ1) is 9.63. The Morgan fingerprint density at radius 1 is 1.40 bits per heavy atom. The van der Waals surface area contributed by atoms with E-state index in [4.69, 9.17) is 15.0 Å². The van der Waals surface area contributed by atoms with E-state index in [1.54, 1.807) is 6.26 Å². The number of nitrogen functional groups attached to an aromatic ring is 1. The topological polar surface area (TPSA) is 102 Å². The number of nitrogens with zero attached hydrogens (tertiary/aromatic N) is 4. The molecule has 0 saturated heterocycles. The van der Waals surface area contributed by atoms with E-state index < -0.39 is 0 Å². The normalized spacial score (nSPS) is 10.4. The zero-order valence-corrected chi connectivity index (χ0v) is 11.8. The smallest absolute Gasteiger partial charge is 0.323 e. The van der Waals surface area contributed by atoms with Crippen LogP contribution in [0.3, 0.4) is 0 Å². The van der Waals surface area contributed by atoms with E-state index in [1.165, 1.54) is 0 Å². The van der Waals surface area contributed by atoms with Crippen molar-refractivity contribution in [1.29, 1.82) is 0 Å². The van der Waals surface area contributed by atoms with Gasteiger partial charge < -0.3 is 14.1 Å². The molecule has 0 aliphatic carbocycles. The number of nitrogens with two attached hydrogens (primary N) is 1. The largest absolute Gasteiger partial charge is 0.469 e. The van der Waals surface area contributed by atoms with Crippen molar-refractivity contribution < 1.29 is 9.15 Å². The van der Waals surface area contributed by atoms with E-state index in [-0.39, 0.29) is 12.0 Å². The summed E-state index contributed by atoms with van der Waals surface area (Å²) in [5.41, 5.74) is 3.47. The fourth-order valence-corrected chi connectivity index (χ4v) is 1.68. The van der Waals surface area contributed by atoms with Gasteiger partial charge in [-0.05, 0) is 19.9 Å². The Bertz CT molecular complexity index is 571. The third kappa shape index (κ3) is 3.15. The molecule has 108 valence electrons. The molecule has 2 rings (SSSR count). The van der Waals surface area contributed by atoms with Crippen LogP contribution in [-0.2, 0) is 6.54 Å². The van der Waals surface area contributed by atoms with E-state index in [1.807, 2.05) is 31.9 Å². The van der Waals surface area contributed by atoms with Crippen molar-refractivity contribution in [2.24, 2.45) is 5.84 Å². The van der Waals surface area contributed by atoms with Gasteiger partial charge in [-0.25, -0.2) is 5.84 Å². The molecular weight excluding hydrogens is 260 g/mol. The summed E-state index contributed by atoms with van der Waals surface area (Å²) in [6, 6.07) is 2.15. The molecule has 0 bridgehead atoms. The van der Waals surface area contributed by atoms with Crippen LogP contribution in [0, 0.1) is 6.92 Å². The Labute approximate surface area is 116 Å². The zero-order chi connectivity index (χ0) is 14.5. The summed E-state index contributed by atoms with van der Waals surface area (Å²) in [7, 11) is 1.87. The van der Waals surface area contributed by atoms with Crippen LogP contribution in [0.2, 0.25) is 0 Å². The summed E-state index contributed by atoms with van der Waals surface area (Å²) in [4.78, 5) is 14.3. The van der Waals surface area contributed by atoms with E-state index in [0.29, 0.717) is 19.1 Å². The number of rotatable bonds is 6. The van der Waals surface area contributed by atoms with Crippen LogP contribution < -0.4 is 20.9 Å². The summed E-state index contributed by atoms with van der Waals surface area (Å²) in [5, 5.41) is 0. The second-order valence-electron chi connectivity index (χ2n) is 4.18. The molecule has 2 aromatic rings. The number of aromatic nitrogens is 3. The Hall–Kier alpha value is -2.35. The summed E-state index contributed by atoms with van der Waals surface area (Å²) in [6.45, 7) is 4.85. The lowest BCUT2D eigenvalue weighted by Crippen LogP contribution is -2.22. The number of hydrazine groups is 1. The van der Waals surface area contributed by atoms with E-state index >= 15 is 0 Å². The highest BCUT2D eigenvalue weighted by molar-refractivity contribution is 5.38. The van der Waals surface area contributed by atoms with Gasteiger partial charge in [0.25, 0.3) is 0 Å². The maximum Gasteiger partial charge on any atom is 0.323 e. The van der Waals surface area contributed by atoms with Gasteiger partial charge in [-0.15, -0.1) is 0 Å². The highest BCUT2D eigenvalue weighted by Gasteiger charge is 2.12. The minimum absolute atomic E-state index is 0.237. The lowest BCUT2D eigenvalue weighted by Gasteiger charge is -2.17. The molecule has 0 saturated carbocycles. The van der Waals surface area contributed by atoms with Crippen LogP contribution in [0.1, 0.15) is 18.2 Å². The number of hydrogen-bond donors (Lipinski definition) is 2. The molecule has 2 aromatic heterocycles. The van der Waals surface area contributed by atoms with Gasteiger partial charge >= 0.3 is 6.01 Å². The standard InChI is InChI=1S/C12H18N6O2/c1-4-19-12-15-10(17-13)14-11(16-12)18(3)7-9-5-6-20-8(9)2/h5-6H,4,7,13H2,1-3H3,(H,14,15,16,17). The van der Waals surface area contributed by atoms with Gasteiger partial charge in [-0.3, -0.25) is 5.43 Å². The fourth-order valence-electron chi connectivity index (χ4n) is 1.68. The number of aryl methyl sites for hydroxylation is 1. The molecule has 0 aliphatic rings. The highest BCUT2D eigenvalue weighted by atomic mass is 16.5. The maximum absolute atomic E-state index is 5.35. The Balaban J connectivity index is 2.22. The molecule has 8 heteroatoms. The van der Waals surface area contributed by atoms with Gasteiger partial charge in [0.2, 0.25) is 11.9 Å². The van der Waals surface area contributed by atoms with Gasteiger partial charge in [0.1, 0.15) is 5.76 Å². The van der Waals surface area contributed by atoms with Crippen molar-refractivity contribution in [1.82, 2.24) is 15.0 Å². The summed E-state index contributed by atoms with van der Waals surface area (Å²) >= 11 is 0. The first-order valence-electron chi connectivity index (χ1n) is 6.23. The molecular formula is C12H18N6O2. The summed E-state index contributed by atoms with van der Waals surface area (Å²) in [6.07, 6.45) is 1.66. The van der Waals surface area contributed by atoms with Crippen LogP contribution >= 0.6 is 0 Å². The SMILES string of the molecule is CCOc1nc(NN)nc(N(C)Cc2ccoc2C)n1. The van der Waals surface area contributed by atoms with Gasteiger partial charge in [0.15, 0.2) is 0 Å². The fraction of sp³-hybridized carbons (Fsp3) is 0.417. The maximum atomic E-state index is 5.35. The minimum Gasteiger partial charge on any atom is -0.469 e. The van der Waals surface area contributed by atoms with Crippen LogP contribution in [0.5, 0.6) is 6.01 Å². The third-order valence-corrected chi connectivity index (χ3v) is 2.72. The van der Waals surface area contributed by atoms with Gasteiger partial charge in [-0.1, -0.05) is 0 Å². The first kappa shape index (κ1) is 14.1. The van der Waals surface area contributed by atoms with E-state index in [2.05, 4.69) is 20.4 Å². The van der Waals surface area contributed by atoms with Crippen molar-refractivity contribution in [2.75, 3.05) is 24.0 Å². The van der Waals surface area contributed by atoms with E-state index in [0.717, 1.165) is 11.3 Å². The molecule has 0 aliphatic heterocycles. The van der Waals surface area contributed by atoms with Gasteiger partial charge in [-0.2, -0.15) is 15.0 Å². The van der Waals surface area contributed by atoms with Crippen LogP contribution in [0.4, 0.5) is 11.9 Å². The molecule has 3 N–H and O–H groups in total. The molecule has 0 spiro atoms. The lowest BCUT2D eigenvalue weighted by atomic mass is 10.2. The molecule has 0 aromatic carbocycles. The Morgan fingerprint density at radius 3 is 2.80 bits per heavy atom. The summed E-state index contributed by atoms with van der Waals surface area (Å²) < 4.78 is 10.6. The Morgan fingerprint density at radius 2 is 2.20 bits per heavy atom.